The molecule has 0 radical (unpaired) electrons. The molecule has 2 aliphatic rings. The van der Waals surface area contributed by atoms with E-state index in [9.17, 15) is 15.2 Å². The molecule has 8 nitrogen and oxygen atoms in total. The van der Waals surface area contributed by atoms with E-state index in [4.69, 9.17) is 16.3 Å². The number of aryl methyl sites for hydroxylation is 1. The van der Waals surface area contributed by atoms with Crippen LogP contribution >= 0.6 is 36.4 Å². The molecule has 0 bridgehead atoms. The van der Waals surface area contributed by atoms with E-state index in [1.165, 1.54) is 6.07 Å². The maximum absolute atomic E-state index is 12.2. The van der Waals surface area contributed by atoms with Gasteiger partial charge in [-0.15, -0.1) is 24.8 Å². The maximum Gasteiger partial charge on any atom is 0.250 e. The number of hydrogen-bond acceptors (Lipinski definition) is 7. The average Bonchev–Trinajstić information content (AvgIpc) is 3.33. The minimum atomic E-state index is -0.508. The zero-order valence-corrected chi connectivity index (χ0v) is 22.8. The Morgan fingerprint density at radius 2 is 2.14 bits per heavy atom. The summed E-state index contributed by atoms with van der Waals surface area (Å²) in [5.74, 6) is 0.715. The number of aromatic nitrogens is 2. The van der Waals surface area contributed by atoms with E-state index in [1.54, 1.807) is 23.9 Å². The lowest BCUT2D eigenvalue weighted by Gasteiger charge is -2.36. The number of nitrogens with zero attached hydrogens (tertiary/aromatic N) is 4. The second-order valence-corrected chi connectivity index (χ2v) is 9.69. The van der Waals surface area contributed by atoms with E-state index in [-0.39, 0.29) is 36.4 Å². The quantitative estimate of drug-likeness (QED) is 0.473. The van der Waals surface area contributed by atoms with E-state index < -0.39 is 6.10 Å². The summed E-state index contributed by atoms with van der Waals surface area (Å²) in [4.78, 5) is 18.7. The molecule has 1 saturated heterocycles. The van der Waals surface area contributed by atoms with Crippen molar-refractivity contribution in [3.63, 3.8) is 0 Å². The monoisotopic (exact) mass is 565 g/mol. The lowest BCUT2D eigenvalue weighted by Crippen LogP contribution is -2.52. The summed E-state index contributed by atoms with van der Waals surface area (Å²) in [6.45, 7) is 3.34. The highest BCUT2D eigenvalue weighted by atomic mass is 35.5. The van der Waals surface area contributed by atoms with Gasteiger partial charge in [-0.25, -0.2) is 0 Å². The molecular weight excluding hydrogens is 537 g/mol. The molecule has 2 atom stereocenters. The number of rotatable bonds is 6. The number of fused-ring (bicyclic) bond motifs is 2. The number of piperidine rings is 1. The summed E-state index contributed by atoms with van der Waals surface area (Å²) >= 11 is 6.47. The van der Waals surface area contributed by atoms with Crippen molar-refractivity contribution in [2.24, 2.45) is 7.05 Å². The molecule has 2 aromatic heterocycles. The summed E-state index contributed by atoms with van der Waals surface area (Å²) in [6, 6.07) is 9.41. The molecule has 0 aliphatic carbocycles. The number of aliphatic hydroxyl groups is 1. The third kappa shape index (κ3) is 6.04. The topological polar surface area (TPSA) is 103 Å². The lowest BCUT2D eigenvalue weighted by molar-refractivity contribution is 0.0404. The highest BCUT2D eigenvalue weighted by Gasteiger charge is 2.28. The first-order valence-electron chi connectivity index (χ1n) is 11.9. The largest absolute Gasteiger partial charge is 0.492 e. The second kappa shape index (κ2) is 12.4. The Bertz CT molecular complexity index is 1370. The van der Waals surface area contributed by atoms with Crippen molar-refractivity contribution in [2.45, 2.75) is 38.0 Å². The Balaban J connectivity index is 0.00000190. The fourth-order valence-electron chi connectivity index (χ4n) is 5.16. The van der Waals surface area contributed by atoms with Crippen LogP contribution in [0.4, 0.5) is 0 Å². The first-order chi connectivity index (χ1) is 16.9. The van der Waals surface area contributed by atoms with Gasteiger partial charge in [-0.3, -0.25) is 9.78 Å². The second-order valence-electron chi connectivity index (χ2n) is 9.29. The average molecular weight is 567 g/mol. The minimum absolute atomic E-state index is 0. The van der Waals surface area contributed by atoms with Crippen molar-refractivity contribution < 1.29 is 9.84 Å². The molecule has 2 N–H and O–H groups in total. The van der Waals surface area contributed by atoms with Crippen LogP contribution in [0.2, 0.25) is 5.02 Å². The van der Waals surface area contributed by atoms with Crippen molar-refractivity contribution in [3.8, 4) is 11.8 Å². The Morgan fingerprint density at radius 3 is 2.89 bits per heavy atom. The Labute approximate surface area is 233 Å². The molecule has 0 saturated carbocycles. The number of likely N-dealkylation sites (tertiary alicyclic amines) is 1. The van der Waals surface area contributed by atoms with Gasteiger partial charge < -0.3 is 24.6 Å². The molecule has 0 spiro atoms. The number of aliphatic hydroxyl groups excluding tert-OH is 1. The fourth-order valence-corrected chi connectivity index (χ4v) is 5.39. The van der Waals surface area contributed by atoms with Crippen LogP contribution in [0, 0.1) is 11.3 Å². The molecule has 1 fully saturated rings. The minimum Gasteiger partial charge on any atom is -0.492 e. The molecule has 5 rings (SSSR count). The lowest BCUT2D eigenvalue weighted by atomic mass is 9.99. The first kappa shape index (κ1) is 29.2. The van der Waals surface area contributed by atoms with Crippen molar-refractivity contribution in [3.05, 3.63) is 68.1 Å². The summed E-state index contributed by atoms with van der Waals surface area (Å²) in [5, 5.41) is 24.3. The Kier molecular flexibility index (Phi) is 9.81. The van der Waals surface area contributed by atoms with Crippen LogP contribution in [0.3, 0.4) is 0 Å². The van der Waals surface area contributed by atoms with E-state index in [0.29, 0.717) is 42.5 Å². The molecule has 198 valence electrons. The summed E-state index contributed by atoms with van der Waals surface area (Å²) in [5.41, 5.74) is 5.00. The van der Waals surface area contributed by atoms with Gasteiger partial charge in [0.1, 0.15) is 11.8 Å². The third-order valence-electron chi connectivity index (χ3n) is 7.06. The Morgan fingerprint density at radius 1 is 1.32 bits per heavy atom. The first-order valence-corrected chi connectivity index (χ1v) is 12.3. The highest BCUT2D eigenvalue weighted by Crippen LogP contribution is 2.31. The molecule has 0 unspecified atom stereocenters. The van der Waals surface area contributed by atoms with Gasteiger partial charge in [-0.2, -0.15) is 5.26 Å². The molecule has 2 aliphatic heterocycles. The van der Waals surface area contributed by atoms with Gasteiger partial charge in [0, 0.05) is 51.4 Å². The van der Waals surface area contributed by atoms with E-state index in [0.717, 1.165) is 53.7 Å². The van der Waals surface area contributed by atoms with E-state index >= 15 is 0 Å². The predicted molar refractivity (Wildman–Crippen MR) is 148 cm³/mol. The SMILES string of the molecule is Cl.Cl.Cn1c(=O)ccc2ncc(Cl)c(CCN3CC[C@H](NCc4cc(C#N)c5c(c4)CCO5)[C@@H](O)C3)c21. The standard InChI is InChI=1S/C26H28ClN5O3.2ClH/c1-31-24(34)3-2-22-25(31)19(20(27)14-30-22)4-7-32-8-5-21(23(33)15-32)29-13-16-10-17-6-9-35-26(17)18(11-16)12-28;;/h2-3,10-11,14,21,23,29,33H,4-9,13,15H2,1H3;2*1H/t21-,23-;;/m0../s1. The van der Waals surface area contributed by atoms with Gasteiger partial charge in [0.05, 0.1) is 34.3 Å². The number of β-amino-alcohol motifs (C(OH)–C–C–N with tert-alkyl or cyclic N) is 1. The number of nitriles is 1. The van der Waals surface area contributed by atoms with Gasteiger partial charge in [0.15, 0.2) is 0 Å². The summed E-state index contributed by atoms with van der Waals surface area (Å²) < 4.78 is 7.17. The van der Waals surface area contributed by atoms with Crippen LogP contribution in [-0.2, 0) is 26.4 Å². The fraction of sp³-hybridized carbons (Fsp3) is 0.423. The van der Waals surface area contributed by atoms with Crippen LogP contribution < -0.4 is 15.6 Å². The van der Waals surface area contributed by atoms with Gasteiger partial charge in [0.2, 0.25) is 0 Å². The Hall–Kier alpha value is -2.38. The zero-order chi connectivity index (χ0) is 24.5. The van der Waals surface area contributed by atoms with Crippen LogP contribution in [0.25, 0.3) is 11.0 Å². The number of ether oxygens (including phenoxy) is 1. The van der Waals surface area contributed by atoms with Crippen LogP contribution in [-0.4, -0.2) is 57.9 Å². The summed E-state index contributed by atoms with van der Waals surface area (Å²) in [7, 11) is 1.74. The molecule has 11 heteroatoms. The maximum atomic E-state index is 12.2. The number of hydrogen-bond donors (Lipinski definition) is 2. The molecule has 1 aromatic carbocycles. The van der Waals surface area contributed by atoms with Gasteiger partial charge in [0.25, 0.3) is 5.56 Å². The molecule has 0 amide bonds. The molecule has 3 aromatic rings. The van der Waals surface area contributed by atoms with E-state index in [2.05, 4.69) is 27.3 Å². The smallest absolute Gasteiger partial charge is 0.250 e. The van der Waals surface area contributed by atoms with Crippen molar-refractivity contribution in [1.29, 1.82) is 5.26 Å². The van der Waals surface area contributed by atoms with Crippen molar-refractivity contribution >= 4 is 47.4 Å². The molecule has 37 heavy (non-hydrogen) atoms. The molecule has 4 heterocycles. The zero-order valence-electron chi connectivity index (χ0n) is 20.4. The van der Waals surface area contributed by atoms with Gasteiger partial charge >= 0.3 is 0 Å². The van der Waals surface area contributed by atoms with E-state index in [1.807, 2.05) is 6.07 Å². The van der Waals surface area contributed by atoms with Crippen molar-refractivity contribution in [1.82, 2.24) is 19.8 Å². The van der Waals surface area contributed by atoms with Crippen molar-refractivity contribution in [2.75, 3.05) is 26.2 Å². The number of nitrogens with one attached hydrogen (secondary N) is 1. The van der Waals surface area contributed by atoms with Gasteiger partial charge in [-0.05, 0) is 48.2 Å². The van der Waals surface area contributed by atoms with Crippen LogP contribution in [0.15, 0.2) is 35.3 Å². The third-order valence-corrected chi connectivity index (χ3v) is 7.39. The number of halogens is 3. The van der Waals surface area contributed by atoms with Gasteiger partial charge in [-0.1, -0.05) is 17.7 Å². The summed E-state index contributed by atoms with van der Waals surface area (Å²) in [6.07, 6.45) is 3.42. The predicted octanol–water partition coefficient (Wildman–Crippen LogP) is 3.00. The highest BCUT2D eigenvalue weighted by molar-refractivity contribution is 6.32. The van der Waals surface area contributed by atoms with Crippen LogP contribution in [0.5, 0.6) is 5.75 Å². The number of benzene rings is 1. The normalized spacial score (nSPS) is 18.9. The molecular formula is C26H30Cl3N5O3. The van der Waals surface area contributed by atoms with Crippen LogP contribution in [0.1, 0.15) is 28.7 Å². The number of pyridine rings is 2.